The highest BCUT2D eigenvalue weighted by Gasteiger charge is 2.62. The number of nitrogens with two attached hydrogens (primary N) is 2. The number of aliphatic imine (C=N–C) groups is 1. The first-order valence-electron chi connectivity index (χ1n) is 8.15. The molecule has 1 aromatic carbocycles. The molecule has 1 aliphatic heterocycles. The molecule has 7 heteroatoms. The van der Waals surface area contributed by atoms with Crippen molar-refractivity contribution >= 4 is 17.2 Å². The van der Waals surface area contributed by atoms with Crippen molar-refractivity contribution in [1.82, 2.24) is 0 Å². The van der Waals surface area contributed by atoms with Crippen LogP contribution in [-0.4, -0.2) is 17.7 Å². The maximum Gasteiger partial charge on any atom is 0.432 e. The Morgan fingerprint density at radius 1 is 1.17 bits per heavy atom. The summed E-state index contributed by atoms with van der Waals surface area (Å²) in [5.74, 6) is -0.782. The Hall–Kier alpha value is -1.92. The van der Waals surface area contributed by atoms with Crippen molar-refractivity contribution in [2.45, 2.75) is 51.4 Å². The molecule has 0 saturated heterocycles. The number of fused-ring (bicyclic) bond motifs is 1. The van der Waals surface area contributed by atoms with E-state index in [4.69, 9.17) is 11.5 Å². The Balaban J connectivity index is 2.07. The number of alkyl halides is 3. The van der Waals surface area contributed by atoms with Gasteiger partial charge in [-0.3, -0.25) is 0 Å². The van der Waals surface area contributed by atoms with E-state index in [1.807, 2.05) is 0 Å². The van der Waals surface area contributed by atoms with Gasteiger partial charge in [-0.2, -0.15) is 13.2 Å². The lowest BCUT2D eigenvalue weighted by atomic mass is 9.69. The van der Waals surface area contributed by atoms with E-state index >= 15 is 0 Å². The minimum absolute atomic E-state index is 0.0597. The predicted octanol–water partition coefficient (Wildman–Crippen LogP) is 3.87. The third kappa shape index (κ3) is 2.59. The second-order valence-corrected chi connectivity index (χ2v) is 7.59. The molecule has 0 amide bonds. The SMILES string of the molecule is CC1(C)CCC(C2(C(F)(F)F)N=C(N)c3cccc(N)c3N2)CC1. The number of halogens is 3. The number of hydrogen-bond donors (Lipinski definition) is 3. The third-order valence-corrected chi connectivity index (χ3v) is 5.35. The van der Waals surface area contributed by atoms with Crippen molar-refractivity contribution in [2.75, 3.05) is 11.1 Å². The van der Waals surface area contributed by atoms with Crippen LogP contribution in [0.5, 0.6) is 0 Å². The summed E-state index contributed by atoms with van der Waals surface area (Å²) in [4.78, 5) is 3.94. The zero-order valence-corrected chi connectivity index (χ0v) is 13.9. The first-order chi connectivity index (χ1) is 11.1. The van der Waals surface area contributed by atoms with E-state index in [9.17, 15) is 13.2 Å². The van der Waals surface area contributed by atoms with Crippen molar-refractivity contribution < 1.29 is 13.2 Å². The first kappa shape index (κ1) is 16.9. The van der Waals surface area contributed by atoms with Crippen LogP contribution in [0.15, 0.2) is 23.2 Å². The number of para-hydroxylation sites is 1. The fourth-order valence-electron chi connectivity index (χ4n) is 3.77. The lowest BCUT2D eigenvalue weighted by Crippen LogP contribution is -2.59. The van der Waals surface area contributed by atoms with E-state index in [1.165, 1.54) is 0 Å². The second kappa shape index (κ2) is 5.29. The van der Waals surface area contributed by atoms with Gasteiger partial charge in [-0.1, -0.05) is 19.9 Å². The number of nitrogens with one attached hydrogen (secondary N) is 1. The maximum absolute atomic E-state index is 14.1. The van der Waals surface area contributed by atoms with E-state index in [-0.39, 0.29) is 22.6 Å². The quantitative estimate of drug-likeness (QED) is 0.679. The molecule has 0 bridgehead atoms. The normalized spacial score (nSPS) is 27.1. The van der Waals surface area contributed by atoms with Crippen LogP contribution in [0, 0.1) is 11.3 Å². The van der Waals surface area contributed by atoms with Crippen molar-refractivity contribution in [3.05, 3.63) is 23.8 Å². The average Bonchev–Trinajstić information content (AvgIpc) is 2.47. The van der Waals surface area contributed by atoms with Gasteiger partial charge in [0, 0.05) is 11.5 Å². The van der Waals surface area contributed by atoms with Crippen LogP contribution >= 0.6 is 0 Å². The summed E-state index contributed by atoms with van der Waals surface area (Å²) in [6, 6.07) is 4.85. The molecule has 1 aromatic rings. The smallest absolute Gasteiger partial charge is 0.397 e. The topological polar surface area (TPSA) is 76.4 Å². The van der Waals surface area contributed by atoms with Crippen LogP contribution in [-0.2, 0) is 0 Å². The largest absolute Gasteiger partial charge is 0.432 e. The van der Waals surface area contributed by atoms with Crippen LogP contribution in [0.3, 0.4) is 0 Å². The predicted molar refractivity (Wildman–Crippen MR) is 89.7 cm³/mol. The van der Waals surface area contributed by atoms with E-state index in [0.717, 1.165) is 12.8 Å². The van der Waals surface area contributed by atoms with E-state index in [1.54, 1.807) is 18.2 Å². The molecule has 1 aliphatic carbocycles. The molecule has 1 saturated carbocycles. The van der Waals surface area contributed by atoms with E-state index in [0.29, 0.717) is 18.4 Å². The molecule has 3 rings (SSSR count). The number of rotatable bonds is 1. The highest BCUT2D eigenvalue weighted by Crippen LogP contribution is 2.51. The van der Waals surface area contributed by atoms with Gasteiger partial charge < -0.3 is 16.8 Å². The highest BCUT2D eigenvalue weighted by molar-refractivity contribution is 6.06. The van der Waals surface area contributed by atoms with Crippen LogP contribution < -0.4 is 16.8 Å². The number of benzene rings is 1. The number of nitrogen functional groups attached to an aromatic ring is 1. The zero-order chi connectivity index (χ0) is 17.8. The molecule has 0 aromatic heterocycles. The van der Waals surface area contributed by atoms with Crippen molar-refractivity contribution in [2.24, 2.45) is 22.1 Å². The van der Waals surface area contributed by atoms with Gasteiger partial charge in [0.1, 0.15) is 5.84 Å². The summed E-state index contributed by atoms with van der Waals surface area (Å²) in [5.41, 5.74) is 10.4. The lowest BCUT2D eigenvalue weighted by molar-refractivity contribution is -0.195. The highest BCUT2D eigenvalue weighted by atomic mass is 19.4. The molecule has 0 spiro atoms. The Kier molecular flexibility index (Phi) is 3.73. The van der Waals surface area contributed by atoms with Gasteiger partial charge in [-0.15, -0.1) is 0 Å². The standard InChI is InChI=1S/C17H23F3N4/c1-15(2)8-6-10(7-9-15)16(17(18,19)20)23-13-11(14(22)24-16)4-3-5-12(13)21/h3-5,10,23H,6-9,21H2,1-2H3,(H2,22,24). The van der Waals surface area contributed by atoms with Crippen molar-refractivity contribution in [1.29, 1.82) is 0 Å². The Bertz CT molecular complexity index is 671. The van der Waals surface area contributed by atoms with Gasteiger partial charge >= 0.3 is 6.18 Å². The monoisotopic (exact) mass is 340 g/mol. The van der Waals surface area contributed by atoms with Crippen molar-refractivity contribution in [3.63, 3.8) is 0 Å². The minimum Gasteiger partial charge on any atom is -0.397 e. The fraction of sp³-hybridized carbons (Fsp3) is 0.588. The molecule has 24 heavy (non-hydrogen) atoms. The summed E-state index contributed by atoms with van der Waals surface area (Å²) >= 11 is 0. The van der Waals surface area contributed by atoms with Crippen LogP contribution in [0.1, 0.15) is 45.1 Å². The molecule has 5 N–H and O–H groups in total. The molecular formula is C17H23F3N4. The van der Waals surface area contributed by atoms with E-state index < -0.39 is 17.8 Å². The fourth-order valence-corrected chi connectivity index (χ4v) is 3.77. The van der Waals surface area contributed by atoms with Crippen LogP contribution in [0.25, 0.3) is 0 Å². The molecule has 1 fully saturated rings. The first-order valence-corrected chi connectivity index (χ1v) is 8.15. The molecule has 1 heterocycles. The Labute approximate surface area is 139 Å². The Morgan fingerprint density at radius 2 is 1.79 bits per heavy atom. The molecule has 0 radical (unpaired) electrons. The number of anilines is 2. The number of amidine groups is 1. The van der Waals surface area contributed by atoms with Gasteiger partial charge in [-0.05, 0) is 43.2 Å². The second-order valence-electron chi connectivity index (χ2n) is 7.59. The third-order valence-electron chi connectivity index (χ3n) is 5.35. The zero-order valence-electron chi connectivity index (χ0n) is 13.9. The van der Waals surface area contributed by atoms with Gasteiger partial charge in [0.15, 0.2) is 0 Å². The minimum atomic E-state index is -4.57. The maximum atomic E-state index is 14.1. The average molecular weight is 340 g/mol. The van der Waals surface area contributed by atoms with Gasteiger partial charge in [0.05, 0.1) is 11.4 Å². The molecule has 1 unspecified atom stereocenters. The summed E-state index contributed by atoms with van der Waals surface area (Å²) in [5, 5.41) is 2.63. The summed E-state index contributed by atoms with van der Waals surface area (Å²) in [6.45, 7) is 4.17. The molecule has 4 nitrogen and oxygen atoms in total. The van der Waals surface area contributed by atoms with Gasteiger partial charge in [0.25, 0.3) is 0 Å². The molecular weight excluding hydrogens is 317 g/mol. The molecule has 2 aliphatic rings. The summed E-state index contributed by atoms with van der Waals surface area (Å²) in [7, 11) is 0. The number of nitrogens with zero attached hydrogens (tertiary/aromatic N) is 1. The molecule has 1 atom stereocenters. The van der Waals surface area contributed by atoms with Crippen LogP contribution in [0.2, 0.25) is 0 Å². The van der Waals surface area contributed by atoms with Gasteiger partial charge in [-0.25, -0.2) is 4.99 Å². The van der Waals surface area contributed by atoms with Crippen LogP contribution in [0.4, 0.5) is 24.5 Å². The Morgan fingerprint density at radius 3 is 2.38 bits per heavy atom. The lowest BCUT2D eigenvalue weighted by Gasteiger charge is -2.46. The van der Waals surface area contributed by atoms with E-state index in [2.05, 4.69) is 24.2 Å². The van der Waals surface area contributed by atoms with Crippen molar-refractivity contribution in [3.8, 4) is 0 Å². The van der Waals surface area contributed by atoms with Gasteiger partial charge in [0.2, 0.25) is 5.66 Å². The summed E-state index contributed by atoms with van der Waals surface area (Å²) < 4.78 is 42.3. The number of hydrogen-bond acceptors (Lipinski definition) is 4. The molecule has 132 valence electrons. The summed E-state index contributed by atoms with van der Waals surface area (Å²) in [6.07, 6.45) is -2.23.